The minimum atomic E-state index is -0.738. The largest absolute Gasteiger partial charge is 0.491 e. The molecule has 0 bridgehead atoms. The van der Waals surface area contributed by atoms with E-state index in [1.54, 1.807) is 13.8 Å². The molecule has 1 aromatic carbocycles. The Balaban J connectivity index is 1.80. The van der Waals surface area contributed by atoms with Crippen LogP contribution in [0.25, 0.3) is 0 Å². The zero-order valence-electron chi connectivity index (χ0n) is 14.1. The van der Waals surface area contributed by atoms with Crippen LogP contribution < -0.4 is 10.1 Å². The molecule has 1 heterocycles. The highest BCUT2D eigenvalue weighted by Gasteiger charge is 2.46. The molecule has 1 aliphatic heterocycles. The van der Waals surface area contributed by atoms with Gasteiger partial charge in [0.2, 0.25) is 0 Å². The van der Waals surface area contributed by atoms with E-state index in [9.17, 15) is 19.7 Å². The number of ether oxygens (including phenoxy) is 3. The first-order valence-electron chi connectivity index (χ1n) is 7.74. The zero-order chi connectivity index (χ0) is 18.6. The Morgan fingerprint density at radius 2 is 1.96 bits per heavy atom. The summed E-state index contributed by atoms with van der Waals surface area (Å²) in [7, 11) is 1.26. The Labute approximate surface area is 144 Å². The summed E-state index contributed by atoms with van der Waals surface area (Å²) in [6.07, 6.45) is -1.12. The molecule has 1 unspecified atom stereocenters. The van der Waals surface area contributed by atoms with Gasteiger partial charge in [-0.1, -0.05) is 13.8 Å². The van der Waals surface area contributed by atoms with Crippen molar-refractivity contribution < 1.29 is 28.7 Å². The summed E-state index contributed by atoms with van der Waals surface area (Å²) >= 11 is 0. The molecule has 1 aromatic rings. The lowest BCUT2D eigenvalue weighted by Crippen LogP contribution is -2.47. The van der Waals surface area contributed by atoms with Crippen LogP contribution in [0.5, 0.6) is 5.75 Å². The summed E-state index contributed by atoms with van der Waals surface area (Å²) in [5, 5.41) is 13.2. The molecule has 136 valence electrons. The van der Waals surface area contributed by atoms with Gasteiger partial charge in [-0.2, -0.15) is 0 Å². The number of nitro groups is 1. The highest BCUT2D eigenvalue weighted by atomic mass is 16.6. The van der Waals surface area contributed by atoms with E-state index < -0.39 is 35.0 Å². The van der Waals surface area contributed by atoms with Crippen LogP contribution in [0, 0.1) is 16.0 Å². The fraction of sp³-hybridized carbons (Fsp3) is 0.500. The number of nitrogens with zero attached hydrogens (tertiary/aromatic N) is 1. The quantitative estimate of drug-likeness (QED) is 0.321. The smallest absolute Gasteiger partial charge is 0.328 e. The molecule has 9 nitrogen and oxygen atoms in total. The average Bonchev–Trinajstić information content (AvgIpc) is 3.36. The molecule has 9 heteroatoms. The maximum atomic E-state index is 12.1. The number of methoxy groups -OCH3 is 1. The Morgan fingerprint density at radius 1 is 1.32 bits per heavy atom. The highest BCUT2D eigenvalue weighted by Crippen LogP contribution is 2.25. The minimum absolute atomic E-state index is 0.0326. The Kier molecular flexibility index (Phi) is 5.92. The van der Waals surface area contributed by atoms with E-state index in [2.05, 4.69) is 10.1 Å². The van der Waals surface area contributed by atoms with E-state index in [0.717, 1.165) is 0 Å². The molecule has 1 N–H and O–H groups in total. The van der Waals surface area contributed by atoms with Gasteiger partial charge in [-0.3, -0.25) is 14.9 Å². The van der Waals surface area contributed by atoms with Gasteiger partial charge >= 0.3 is 5.97 Å². The van der Waals surface area contributed by atoms with Crippen molar-refractivity contribution in [2.24, 2.45) is 5.92 Å². The van der Waals surface area contributed by atoms with Crippen LogP contribution in [-0.2, 0) is 19.1 Å². The lowest BCUT2D eigenvalue weighted by Gasteiger charge is -2.19. The van der Waals surface area contributed by atoms with Gasteiger partial charge in [0.25, 0.3) is 11.6 Å². The molecule has 1 amide bonds. The van der Waals surface area contributed by atoms with E-state index in [4.69, 9.17) is 9.47 Å². The number of hydrogen-bond donors (Lipinski definition) is 1. The monoisotopic (exact) mass is 352 g/mol. The van der Waals surface area contributed by atoms with Gasteiger partial charge in [0, 0.05) is 12.1 Å². The van der Waals surface area contributed by atoms with Crippen molar-refractivity contribution in [1.82, 2.24) is 5.32 Å². The van der Waals surface area contributed by atoms with Crippen LogP contribution in [0.15, 0.2) is 24.3 Å². The molecule has 0 spiro atoms. The number of carbonyl (C=O) groups is 2. The maximum absolute atomic E-state index is 12.1. The number of epoxide rings is 1. The standard InChI is InChI=1S/C16H20N2O7/c1-9(2)13(16(20)23-3)17-15(19)14-12(25-14)8-24-11-6-4-10(5-7-11)18(21)22/h4-7,9,12-14H,8H2,1-3H3,(H,17,19)/t12-,13?,14-/m1/s1. The fourth-order valence-corrected chi connectivity index (χ4v) is 2.20. The van der Waals surface area contributed by atoms with E-state index in [1.807, 2.05) is 0 Å². The predicted molar refractivity (Wildman–Crippen MR) is 86.0 cm³/mol. The first-order valence-corrected chi connectivity index (χ1v) is 7.74. The zero-order valence-corrected chi connectivity index (χ0v) is 14.1. The van der Waals surface area contributed by atoms with Gasteiger partial charge in [-0.15, -0.1) is 0 Å². The van der Waals surface area contributed by atoms with Gasteiger partial charge in [0.1, 0.15) is 24.5 Å². The van der Waals surface area contributed by atoms with Crippen molar-refractivity contribution in [3.8, 4) is 5.75 Å². The topological polar surface area (TPSA) is 120 Å². The summed E-state index contributed by atoms with van der Waals surface area (Å²) < 4.78 is 15.4. The second-order valence-electron chi connectivity index (χ2n) is 5.91. The molecular weight excluding hydrogens is 332 g/mol. The Hall–Kier alpha value is -2.68. The van der Waals surface area contributed by atoms with Crippen molar-refractivity contribution in [2.45, 2.75) is 32.1 Å². The summed E-state index contributed by atoms with van der Waals surface area (Å²) in [6.45, 7) is 3.72. The highest BCUT2D eigenvalue weighted by molar-refractivity contribution is 5.88. The predicted octanol–water partition coefficient (Wildman–Crippen LogP) is 1.05. The number of esters is 1. The van der Waals surface area contributed by atoms with Crippen molar-refractivity contribution in [2.75, 3.05) is 13.7 Å². The molecular formula is C16H20N2O7. The average molecular weight is 352 g/mol. The van der Waals surface area contributed by atoms with Crippen LogP contribution in [0.1, 0.15) is 13.8 Å². The molecule has 0 aliphatic carbocycles. The number of benzene rings is 1. The van der Waals surface area contributed by atoms with Gasteiger partial charge < -0.3 is 19.5 Å². The maximum Gasteiger partial charge on any atom is 0.328 e. The number of rotatable bonds is 8. The van der Waals surface area contributed by atoms with Crippen LogP contribution >= 0.6 is 0 Å². The summed E-state index contributed by atoms with van der Waals surface area (Å²) in [5.41, 5.74) is -0.0326. The Morgan fingerprint density at radius 3 is 2.48 bits per heavy atom. The number of non-ortho nitro benzene ring substituents is 1. The summed E-state index contributed by atoms with van der Waals surface area (Å²) in [4.78, 5) is 33.8. The van der Waals surface area contributed by atoms with Crippen molar-refractivity contribution in [1.29, 1.82) is 0 Å². The van der Waals surface area contributed by atoms with Gasteiger partial charge in [0.15, 0.2) is 6.10 Å². The second-order valence-corrected chi connectivity index (χ2v) is 5.91. The number of carbonyl (C=O) groups excluding carboxylic acids is 2. The van der Waals surface area contributed by atoms with Gasteiger partial charge in [-0.25, -0.2) is 4.79 Å². The molecule has 1 saturated heterocycles. The summed E-state index contributed by atoms with van der Waals surface area (Å²) in [6, 6.07) is 4.87. The fourth-order valence-electron chi connectivity index (χ4n) is 2.20. The van der Waals surface area contributed by atoms with E-state index in [-0.39, 0.29) is 18.2 Å². The van der Waals surface area contributed by atoms with Crippen molar-refractivity contribution >= 4 is 17.6 Å². The third-order valence-electron chi connectivity index (χ3n) is 3.72. The van der Waals surface area contributed by atoms with Crippen molar-refractivity contribution in [3.63, 3.8) is 0 Å². The number of nitro benzene ring substituents is 1. The Bertz CT molecular complexity index is 644. The third kappa shape index (κ3) is 4.90. The van der Waals surface area contributed by atoms with Gasteiger partial charge in [0.05, 0.1) is 12.0 Å². The van der Waals surface area contributed by atoms with Crippen LogP contribution in [0.3, 0.4) is 0 Å². The lowest BCUT2D eigenvalue weighted by molar-refractivity contribution is -0.384. The number of nitrogens with one attached hydrogen (secondary N) is 1. The molecule has 0 aromatic heterocycles. The molecule has 0 saturated carbocycles. The first-order chi connectivity index (χ1) is 11.8. The second kappa shape index (κ2) is 7.93. The van der Waals surface area contributed by atoms with E-state index >= 15 is 0 Å². The minimum Gasteiger partial charge on any atom is -0.491 e. The molecule has 25 heavy (non-hydrogen) atoms. The lowest BCUT2D eigenvalue weighted by atomic mass is 10.0. The van der Waals surface area contributed by atoms with E-state index in [1.165, 1.54) is 31.4 Å². The SMILES string of the molecule is COC(=O)C(NC(=O)[C@@H]1O[C@@H]1COc1ccc([N+](=O)[O-])cc1)C(C)C. The molecule has 3 atom stereocenters. The van der Waals surface area contributed by atoms with Crippen molar-refractivity contribution in [3.05, 3.63) is 34.4 Å². The molecule has 0 radical (unpaired) electrons. The normalized spacial score (nSPS) is 19.8. The van der Waals surface area contributed by atoms with Crippen LogP contribution in [0.4, 0.5) is 5.69 Å². The molecule has 1 aliphatic rings. The van der Waals surface area contributed by atoms with E-state index in [0.29, 0.717) is 5.75 Å². The molecule has 2 rings (SSSR count). The number of hydrogen-bond acceptors (Lipinski definition) is 7. The number of amides is 1. The first kappa shape index (κ1) is 18.7. The third-order valence-corrected chi connectivity index (χ3v) is 3.72. The van der Waals surface area contributed by atoms with Gasteiger partial charge in [-0.05, 0) is 18.1 Å². The van der Waals surface area contributed by atoms with Crippen LogP contribution in [0.2, 0.25) is 0 Å². The molecule has 1 fully saturated rings. The van der Waals surface area contributed by atoms with Crippen LogP contribution in [-0.4, -0.2) is 48.8 Å². The summed E-state index contributed by atoms with van der Waals surface area (Å²) in [5.74, 6) is -0.594.